The van der Waals surface area contributed by atoms with E-state index < -0.39 is 16.9 Å². The quantitative estimate of drug-likeness (QED) is 0.574. The molecule has 4 aromatic rings. The van der Waals surface area contributed by atoms with Gasteiger partial charge in [-0.1, -0.05) is 29.3 Å². The van der Waals surface area contributed by atoms with E-state index in [4.69, 9.17) is 23.2 Å². The van der Waals surface area contributed by atoms with Crippen LogP contribution in [0.5, 0.6) is 5.75 Å². The monoisotopic (exact) mass is 377 g/mol. The minimum Gasteiger partial charge on any atom is -0.508 e. The van der Waals surface area contributed by atoms with E-state index in [1.54, 1.807) is 18.2 Å². The van der Waals surface area contributed by atoms with Crippen LogP contribution in [-0.2, 0) is 6.54 Å². The lowest BCUT2D eigenvalue weighted by Crippen LogP contribution is -2.31. The fourth-order valence-corrected chi connectivity index (χ4v) is 3.36. The van der Waals surface area contributed by atoms with E-state index in [1.165, 1.54) is 18.2 Å². The largest absolute Gasteiger partial charge is 0.508 e. The zero-order valence-corrected chi connectivity index (χ0v) is 14.0. The average molecular weight is 378 g/mol. The van der Waals surface area contributed by atoms with Gasteiger partial charge in [0.2, 0.25) is 0 Å². The van der Waals surface area contributed by atoms with E-state index in [0.717, 1.165) is 13.6 Å². The Morgan fingerprint density at radius 2 is 1.56 bits per heavy atom. The molecule has 0 saturated carbocycles. The van der Waals surface area contributed by atoms with Crippen LogP contribution >= 0.6 is 23.2 Å². The highest BCUT2D eigenvalue weighted by Gasteiger charge is 2.20. The summed E-state index contributed by atoms with van der Waals surface area (Å²) >= 11 is 12.2. The molecule has 2 heterocycles. The molecule has 0 spiro atoms. The van der Waals surface area contributed by atoms with Crippen molar-refractivity contribution in [2.45, 2.75) is 6.54 Å². The number of nitrogens with zero attached hydrogens (tertiary/aromatic N) is 3. The Kier molecular flexibility index (Phi) is 3.38. The van der Waals surface area contributed by atoms with Crippen LogP contribution in [0.1, 0.15) is 5.56 Å². The number of halogens is 2. The summed E-state index contributed by atoms with van der Waals surface area (Å²) in [6.07, 6.45) is 0. The zero-order chi connectivity index (χ0) is 17.9. The molecule has 0 atom stereocenters. The Hall–Kier alpha value is -2.77. The van der Waals surface area contributed by atoms with Gasteiger partial charge >= 0.3 is 11.4 Å². The first-order valence-corrected chi connectivity index (χ1v) is 7.91. The molecule has 0 aliphatic rings. The van der Waals surface area contributed by atoms with Gasteiger partial charge in [-0.25, -0.2) is 14.2 Å². The Balaban J connectivity index is 2.05. The lowest BCUT2D eigenvalue weighted by molar-refractivity contribution is 0.476. The van der Waals surface area contributed by atoms with Gasteiger partial charge in [-0.15, -0.1) is 0 Å². The number of aromatic nitrogens is 3. The molecule has 7 nitrogen and oxygen atoms in total. The topological polar surface area (TPSA) is 85.2 Å². The predicted octanol–water partition coefficient (Wildman–Crippen LogP) is 1.57. The Bertz CT molecular complexity index is 1300. The molecule has 2 aromatic heterocycles. The van der Waals surface area contributed by atoms with Gasteiger partial charge in [-0.3, -0.25) is 4.79 Å². The van der Waals surface area contributed by atoms with Crippen LogP contribution in [0.4, 0.5) is 0 Å². The van der Waals surface area contributed by atoms with Crippen molar-refractivity contribution < 1.29 is 5.11 Å². The van der Waals surface area contributed by atoms with Gasteiger partial charge in [0.25, 0.3) is 5.56 Å². The molecule has 0 unspecified atom stereocenters. The molecule has 2 aromatic carbocycles. The highest BCUT2D eigenvalue weighted by Crippen LogP contribution is 2.24. The van der Waals surface area contributed by atoms with Crippen LogP contribution in [0.3, 0.4) is 0 Å². The number of fused-ring (bicyclic) bond motifs is 3. The number of hydrogen-bond donors (Lipinski definition) is 1. The van der Waals surface area contributed by atoms with Crippen LogP contribution in [0.15, 0.2) is 50.8 Å². The third-order valence-electron chi connectivity index (χ3n) is 4.03. The van der Waals surface area contributed by atoms with E-state index in [9.17, 15) is 19.5 Å². The maximum atomic E-state index is 12.7. The molecule has 0 fully saturated rings. The summed E-state index contributed by atoms with van der Waals surface area (Å²) in [4.78, 5) is 37.8. The third kappa shape index (κ3) is 2.16. The summed E-state index contributed by atoms with van der Waals surface area (Å²) in [7, 11) is 0. The molecule has 0 amide bonds. The Labute approximate surface area is 148 Å². The summed E-state index contributed by atoms with van der Waals surface area (Å²) in [5, 5.41) is 10.2. The summed E-state index contributed by atoms with van der Waals surface area (Å²) in [6, 6.07) is 8.79. The van der Waals surface area contributed by atoms with Crippen molar-refractivity contribution in [3.63, 3.8) is 0 Å². The summed E-state index contributed by atoms with van der Waals surface area (Å²) in [5.41, 5.74) is -1.54. The number of benzene rings is 2. The molecule has 0 aliphatic carbocycles. The molecule has 1 N–H and O–H groups in total. The predicted molar refractivity (Wildman–Crippen MR) is 93.6 cm³/mol. The number of aromatic hydroxyl groups is 1. The maximum Gasteiger partial charge on any atom is 0.355 e. The van der Waals surface area contributed by atoms with Crippen molar-refractivity contribution in [2.75, 3.05) is 0 Å². The van der Waals surface area contributed by atoms with E-state index in [2.05, 4.69) is 0 Å². The summed E-state index contributed by atoms with van der Waals surface area (Å²) in [5.74, 6) is -0.130. The van der Waals surface area contributed by atoms with Crippen molar-refractivity contribution in [3.8, 4) is 5.75 Å². The van der Waals surface area contributed by atoms with Gasteiger partial charge in [-0.2, -0.15) is 9.03 Å². The third-order valence-corrected chi connectivity index (χ3v) is 4.74. The van der Waals surface area contributed by atoms with Gasteiger partial charge in [0.15, 0.2) is 0 Å². The van der Waals surface area contributed by atoms with Crippen LogP contribution < -0.4 is 16.9 Å². The summed E-state index contributed by atoms with van der Waals surface area (Å²) < 4.78 is 2.60. The van der Waals surface area contributed by atoms with Crippen LogP contribution in [-0.4, -0.2) is 18.7 Å². The average Bonchev–Trinajstić information content (AvgIpc) is 2.98. The molecule has 4 rings (SSSR count). The van der Waals surface area contributed by atoms with Gasteiger partial charge in [-0.05, 0) is 30.3 Å². The first-order valence-electron chi connectivity index (χ1n) is 7.16. The van der Waals surface area contributed by atoms with Crippen LogP contribution in [0.2, 0.25) is 10.0 Å². The first-order chi connectivity index (χ1) is 11.9. The molecule has 0 saturated heterocycles. The minimum absolute atomic E-state index is 0.0807. The minimum atomic E-state index is -0.804. The standard InChI is InChI=1S/C16H9Cl2N3O4/c17-11-2-1-3-12(18)10(11)7-19-15(24)20-13-5-4-8(22)6-9(13)14(23)21(20)16(19)25/h1-6,22H,7H2. The van der Waals surface area contributed by atoms with E-state index in [0.29, 0.717) is 15.6 Å². The fourth-order valence-electron chi connectivity index (χ4n) is 2.84. The maximum absolute atomic E-state index is 12.7. The molecule has 0 bridgehead atoms. The second kappa shape index (κ2) is 5.37. The molecule has 9 heteroatoms. The van der Waals surface area contributed by atoms with Gasteiger partial charge in [0, 0.05) is 15.6 Å². The fraction of sp³-hybridized carbons (Fsp3) is 0.0625. The molecular weight excluding hydrogens is 369 g/mol. The molecule has 25 heavy (non-hydrogen) atoms. The Morgan fingerprint density at radius 1 is 0.920 bits per heavy atom. The first kappa shape index (κ1) is 15.7. The number of phenols is 1. The molecular formula is C16H9Cl2N3O4. The van der Waals surface area contributed by atoms with E-state index >= 15 is 0 Å². The second-order valence-corrected chi connectivity index (χ2v) is 6.30. The number of hydrogen-bond acceptors (Lipinski definition) is 4. The normalized spacial score (nSPS) is 11.6. The number of rotatable bonds is 2. The van der Waals surface area contributed by atoms with Gasteiger partial charge in [0.05, 0.1) is 17.4 Å². The van der Waals surface area contributed by atoms with Gasteiger partial charge < -0.3 is 5.11 Å². The molecule has 0 aliphatic heterocycles. The van der Waals surface area contributed by atoms with E-state index in [1.807, 2.05) is 0 Å². The lowest BCUT2D eigenvalue weighted by Gasteiger charge is -2.05. The highest BCUT2D eigenvalue weighted by molar-refractivity contribution is 6.35. The van der Waals surface area contributed by atoms with Crippen molar-refractivity contribution in [2.24, 2.45) is 0 Å². The highest BCUT2D eigenvalue weighted by atomic mass is 35.5. The second-order valence-electron chi connectivity index (χ2n) is 5.48. The van der Waals surface area contributed by atoms with Gasteiger partial charge in [0.1, 0.15) is 5.75 Å². The number of phenolic OH excluding ortho intramolecular Hbond substituents is 1. The van der Waals surface area contributed by atoms with Crippen molar-refractivity contribution in [1.82, 2.24) is 13.6 Å². The smallest absolute Gasteiger partial charge is 0.355 e. The Morgan fingerprint density at radius 3 is 2.24 bits per heavy atom. The van der Waals surface area contributed by atoms with Crippen molar-refractivity contribution in [3.05, 3.63) is 83.3 Å². The van der Waals surface area contributed by atoms with Crippen LogP contribution in [0, 0.1) is 0 Å². The SMILES string of the molecule is O=c1c2cc(O)ccc2n2c(=O)n(Cc3c(Cl)cccc3Cl)c(=O)n12. The van der Waals surface area contributed by atoms with Crippen LogP contribution in [0.25, 0.3) is 10.9 Å². The van der Waals surface area contributed by atoms with E-state index in [-0.39, 0.29) is 23.2 Å². The summed E-state index contributed by atoms with van der Waals surface area (Å²) in [6.45, 7) is -0.163. The molecule has 0 radical (unpaired) electrons. The lowest BCUT2D eigenvalue weighted by atomic mass is 10.2. The van der Waals surface area contributed by atoms with Crippen molar-refractivity contribution in [1.29, 1.82) is 0 Å². The zero-order valence-electron chi connectivity index (χ0n) is 12.4. The van der Waals surface area contributed by atoms with Crippen molar-refractivity contribution >= 4 is 34.1 Å². The molecule has 126 valence electrons.